The van der Waals surface area contributed by atoms with Crippen molar-refractivity contribution in [1.82, 2.24) is 0 Å². The molecule has 0 unspecified atom stereocenters. The Morgan fingerprint density at radius 1 is 1.26 bits per heavy atom. The van der Waals surface area contributed by atoms with E-state index in [0.717, 1.165) is 0 Å². The number of carbonyl (C=O) groups is 2. The summed E-state index contributed by atoms with van der Waals surface area (Å²) in [4.78, 5) is 25.1. The third-order valence-electron chi connectivity index (χ3n) is 5.22. The molecule has 2 bridgehead atoms. The zero-order valence-electron chi connectivity index (χ0n) is 10.9. The van der Waals surface area contributed by atoms with Crippen LogP contribution in [-0.4, -0.2) is 35.0 Å². The normalized spacial score (nSPS) is 49.4. The van der Waals surface area contributed by atoms with Crippen molar-refractivity contribution in [1.29, 1.82) is 0 Å². The lowest BCUT2D eigenvalue weighted by Crippen LogP contribution is -2.50. The molecule has 100 valence electrons. The first-order valence-electron chi connectivity index (χ1n) is 6.75. The topological polar surface area (TPSA) is 66.9 Å². The van der Waals surface area contributed by atoms with E-state index in [1.54, 1.807) is 0 Å². The Balaban J connectivity index is 1.85. The average molecular weight is 260 g/mol. The molecular weight excluding hydrogens is 244 g/mol. The molecule has 0 aromatic carbocycles. The highest BCUT2D eigenvalue weighted by molar-refractivity contribution is 6.10. The molecule has 3 fully saturated rings. The Bertz CT molecular complexity index is 569. The first-order valence-corrected chi connectivity index (χ1v) is 6.75. The van der Waals surface area contributed by atoms with Gasteiger partial charge < -0.3 is 9.84 Å². The first kappa shape index (κ1) is 11.6. The summed E-state index contributed by atoms with van der Waals surface area (Å²) in [6.07, 6.45) is 3.42. The summed E-state index contributed by atoms with van der Waals surface area (Å²) in [6, 6.07) is 0. The van der Waals surface area contributed by atoms with Crippen LogP contribution in [0.2, 0.25) is 0 Å². The molecule has 0 radical (unpaired) electrons. The number of aliphatic hydroxyl groups is 1. The molecular formula is C15H16O4. The van der Waals surface area contributed by atoms with Gasteiger partial charge in [-0.25, -0.2) is 0 Å². The third kappa shape index (κ3) is 1.09. The van der Waals surface area contributed by atoms with Crippen LogP contribution in [0.3, 0.4) is 0 Å². The second-order valence-corrected chi connectivity index (χ2v) is 6.26. The second-order valence-electron chi connectivity index (χ2n) is 6.26. The number of fused-ring (bicyclic) bond motifs is 6. The number of hydrogen-bond acceptors (Lipinski definition) is 4. The van der Waals surface area contributed by atoms with E-state index in [4.69, 9.17) is 4.74 Å². The molecule has 6 atom stereocenters. The molecule has 2 saturated carbocycles. The van der Waals surface area contributed by atoms with Gasteiger partial charge in [-0.2, -0.15) is 0 Å². The highest BCUT2D eigenvalue weighted by atomic mass is 16.6. The van der Waals surface area contributed by atoms with E-state index in [1.807, 2.05) is 19.9 Å². The zero-order valence-corrected chi connectivity index (χ0v) is 10.9. The van der Waals surface area contributed by atoms with Gasteiger partial charge in [0, 0.05) is 23.7 Å². The van der Waals surface area contributed by atoms with E-state index in [0.29, 0.717) is 0 Å². The van der Waals surface area contributed by atoms with Gasteiger partial charge in [0.05, 0.1) is 6.61 Å². The summed E-state index contributed by atoms with van der Waals surface area (Å²) < 4.78 is 5.30. The maximum atomic E-state index is 12.6. The largest absolute Gasteiger partial charge is 0.393 e. The van der Waals surface area contributed by atoms with Crippen molar-refractivity contribution >= 4 is 11.6 Å². The zero-order chi connectivity index (χ0) is 13.5. The fourth-order valence-corrected chi connectivity index (χ4v) is 4.40. The smallest absolute Gasteiger partial charge is 0.183 e. The van der Waals surface area contributed by atoms with Crippen molar-refractivity contribution in [3.63, 3.8) is 0 Å². The molecule has 1 aliphatic heterocycles. The molecule has 0 spiro atoms. The van der Waals surface area contributed by atoms with E-state index in [9.17, 15) is 14.7 Å². The Labute approximate surface area is 111 Å². The summed E-state index contributed by atoms with van der Waals surface area (Å²) in [5.74, 6) is -0.547. The molecule has 1 N–H and O–H groups in total. The Morgan fingerprint density at radius 2 is 1.89 bits per heavy atom. The van der Waals surface area contributed by atoms with Gasteiger partial charge in [-0.3, -0.25) is 9.59 Å². The summed E-state index contributed by atoms with van der Waals surface area (Å²) in [6.45, 7) is 3.69. The SMILES string of the molecule is CC(C)=C1[C@H]2C=C[C@@H]1[C@@H]1C(=O)[C@H]3O[C@@]3(CO)C(=O)[C@@H]12. The summed E-state index contributed by atoms with van der Waals surface area (Å²) in [5.41, 5.74) is 1.22. The molecule has 4 aliphatic rings. The Kier molecular flexibility index (Phi) is 1.97. The van der Waals surface area contributed by atoms with E-state index >= 15 is 0 Å². The predicted octanol–water partition coefficient (Wildman–Crippen LogP) is 0.653. The lowest BCUT2D eigenvalue weighted by molar-refractivity contribution is -0.139. The molecule has 4 heteroatoms. The number of hydrogen-bond donors (Lipinski definition) is 1. The summed E-state index contributed by atoms with van der Waals surface area (Å²) in [5, 5.41) is 9.42. The average Bonchev–Trinajstić information content (AvgIpc) is 2.88. The number of ketones is 2. The lowest BCUT2D eigenvalue weighted by Gasteiger charge is -2.30. The monoisotopic (exact) mass is 260 g/mol. The van der Waals surface area contributed by atoms with E-state index in [2.05, 4.69) is 6.08 Å². The summed E-state index contributed by atoms with van der Waals surface area (Å²) >= 11 is 0. The number of Topliss-reactive ketones (excluding diaryl/α,β-unsaturated/α-hetero) is 2. The van der Waals surface area contributed by atoms with Crippen LogP contribution >= 0.6 is 0 Å². The molecule has 3 aliphatic carbocycles. The van der Waals surface area contributed by atoms with Gasteiger partial charge in [0.2, 0.25) is 0 Å². The van der Waals surface area contributed by atoms with Gasteiger partial charge in [0.15, 0.2) is 23.3 Å². The van der Waals surface area contributed by atoms with Crippen molar-refractivity contribution < 1.29 is 19.4 Å². The summed E-state index contributed by atoms with van der Waals surface area (Å²) in [7, 11) is 0. The van der Waals surface area contributed by atoms with E-state index in [1.165, 1.54) is 11.1 Å². The number of rotatable bonds is 1. The standard InChI is InChI=1S/C15H16O4/c1-6(2)9-7-3-4-8(9)11-10(7)12(17)14-15(5-16,19-14)13(11)18/h3-4,7-8,10-11,14,16H,5H2,1-2H3/t7-,8+,10-,11+,14+,15-/m0/s1. The minimum atomic E-state index is -1.21. The maximum Gasteiger partial charge on any atom is 0.183 e. The second kappa shape index (κ2) is 3.25. The van der Waals surface area contributed by atoms with Crippen LogP contribution < -0.4 is 0 Å². The van der Waals surface area contributed by atoms with Crippen LogP contribution in [0.4, 0.5) is 0 Å². The van der Waals surface area contributed by atoms with Gasteiger partial charge in [0.1, 0.15) is 0 Å². The van der Waals surface area contributed by atoms with Crippen LogP contribution in [0.15, 0.2) is 23.3 Å². The molecule has 19 heavy (non-hydrogen) atoms. The quantitative estimate of drug-likeness (QED) is 0.555. The van der Waals surface area contributed by atoms with Crippen LogP contribution in [0.1, 0.15) is 13.8 Å². The van der Waals surface area contributed by atoms with Crippen LogP contribution in [0, 0.1) is 23.7 Å². The number of aliphatic hydroxyl groups excluding tert-OH is 1. The van der Waals surface area contributed by atoms with E-state index < -0.39 is 11.7 Å². The van der Waals surface area contributed by atoms with Crippen molar-refractivity contribution in [3.8, 4) is 0 Å². The lowest BCUT2D eigenvalue weighted by atomic mass is 9.68. The molecule has 4 nitrogen and oxygen atoms in total. The Morgan fingerprint density at radius 3 is 2.47 bits per heavy atom. The van der Waals surface area contributed by atoms with Gasteiger partial charge >= 0.3 is 0 Å². The van der Waals surface area contributed by atoms with Crippen molar-refractivity contribution in [2.24, 2.45) is 23.7 Å². The molecule has 0 aromatic rings. The van der Waals surface area contributed by atoms with E-state index in [-0.39, 0.29) is 41.8 Å². The highest BCUT2D eigenvalue weighted by Crippen LogP contribution is 2.61. The Hall–Kier alpha value is -1.26. The van der Waals surface area contributed by atoms with Crippen LogP contribution in [0.25, 0.3) is 0 Å². The predicted molar refractivity (Wildman–Crippen MR) is 66.2 cm³/mol. The number of ether oxygens (including phenoxy) is 1. The van der Waals surface area contributed by atoms with Crippen LogP contribution in [-0.2, 0) is 14.3 Å². The molecule has 1 saturated heterocycles. The van der Waals surface area contributed by atoms with Crippen molar-refractivity contribution in [3.05, 3.63) is 23.3 Å². The highest BCUT2D eigenvalue weighted by Gasteiger charge is 2.75. The minimum Gasteiger partial charge on any atom is -0.393 e. The molecule has 1 heterocycles. The number of carbonyl (C=O) groups excluding carboxylic acids is 2. The van der Waals surface area contributed by atoms with Crippen LogP contribution in [0.5, 0.6) is 0 Å². The minimum absolute atomic E-state index is 0.00856. The molecule has 4 rings (SSSR count). The van der Waals surface area contributed by atoms with Gasteiger partial charge in [0.25, 0.3) is 0 Å². The van der Waals surface area contributed by atoms with Crippen molar-refractivity contribution in [2.75, 3.05) is 6.61 Å². The van der Waals surface area contributed by atoms with Gasteiger partial charge in [-0.05, 0) is 13.8 Å². The number of epoxide rings is 1. The molecule has 0 amide bonds. The van der Waals surface area contributed by atoms with Gasteiger partial charge in [-0.15, -0.1) is 0 Å². The fraction of sp³-hybridized carbons (Fsp3) is 0.600. The third-order valence-corrected chi connectivity index (χ3v) is 5.22. The van der Waals surface area contributed by atoms with Crippen molar-refractivity contribution in [2.45, 2.75) is 25.6 Å². The maximum absolute atomic E-state index is 12.6. The van der Waals surface area contributed by atoms with Gasteiger partial charge in [-0.1, -0.05) is 23.3 Å². The molecule has 0 aromatic heterocycles. The fourth-order valence-electron chi connectivity index (χ4n) is 4.40. The number of allylic oxidation sites excluding steroid dienone is 4. The first-order chi connectivity index (χ1) is 9.03.